The van der Waals surface area contributed by atoms with Crippen LogP contribution < -0.4 is 5.32 Å². The standard InChI is InChI=1S/C14H13N3O5S/c1-8-4-3-5-10(17(20)21)12(8)13(19)22-6-11(18)16-14-15-9(2)7-23-14/h3-5,7H,6H2,1-2H3,(H,15,16,18). The van der Waals surface area contributed by atoms with Crippen LogP contribution in [0.4, 0.5) is 10.8 Å². The van der Waals surface area contributed by atoms with Crippen LogP contribution in [0.1, 0.15) is 21.6 Å². The van der Waals surface area contributed by atoms with Crippen LogP contribution >= 0.6 is 11.3 Å². The minimum absolute atomic E-state index is 0.157. The summed E-state index contributed by atoms with van der Waals surface area (Å²) in [6, 6.07) is 4.24. The van der Waals surface area contributed by atoms with Gasteiger partial charge in [-0.25, -0.2) is 9.78 Å². The van der Waals surface area contributed by atoms with E-state index in [2.05, 4.69) is 10.3 Å². The van der Waals surface area contributed by atoms with Gasteiger partial charge >= 0.3 is 5.97 Å². The Bertz CT molecular complexity index is 772. The van der Waals surface area contributed by atoms with Crippen molar-refractivity contribution < 1.29 is 19.2 Å². The Hall–Kier alpha value is -2.81. The van der Waals surface area contributed by atoms with Crippen molar-refractivity contribution in [3.63, 3.8) is 0 Å². The molecule has 0 radical (unpaired) electrons. The van der Waals surface area contributed by atoms with Gasteiger partial charge in [-0.2, -0.15) is 0 Å². The first-order valence-electron chi connectivity index (χ1n) is 6.51. The van der Waals surface area contributed by atoms with Crippen LogP contribution in [0.5, 0.6) is 0 Å². The zero-order chi connectivity index (χ0) is 17.0. The summed E-state index contributed by atoms with van der Waals surface area (Å²) < 4.78 is 4.86. The lowest BCUT2D eigenvalue weighted by atomic mass is 10.1. The number of nitrogens with zero attached hydrogens (tertiary/aromatic N) is 2. The summed E-state index contributed by atoms with van der Waals surface area (Å²) in [5, 5.41) is 15.6. The van der Waals surface area contributed by atoms with Crippen LogP contribution in [-0.4, -0.2) is 28.4 Å². The molecule has 0 saturated carbocycles. The number of nitro groups is 1. The van der Waals surface area contributed by atoms with E-state index in [0.29, 0.717) is 10.7 Å². The molecule has 1 amide bonds. The minimum atomic E-state index is -0.916. The molecule has 0 bridgehead atoms. The Morgan fingerprint density at radius 3 is 2.74 bits per heavy atom. The molecule has 2 rings (SSSR count). The number of nitrogens with one attached hydrogen (secondary N) is 1. The number of benzene rings is 1. The fraction of sp³-hybridized carbons (Fsp3) is 0.214. The molecule has 0 atom stereocenters. The van der Waals surface area contributed by atoms with Crippen molar-refractivity contribution in [1.29, 1.82) is 0 Å². The van der Waals surface area contributed by atoms with Gasteiger partial charge in [0.05, 0.1) is 10.6 Å². The third kappa shape index (κ3) is 4.10. The Kier molecular flexibility index (Phi) is 5.02. The summed E-state index contributed by atoms with van der Waals surface area (Å²) in [5.74, 6) is -1.48. The third-order valence-electron chi connectivity index (χ3n) is 2.85. The zero-order valence-electron chi connectivity index (χ0n) is 12.4. The van der Waals surface area contributed by atoms with Crippen LogP contribution in [0.2, 0.25) is 0 Å². The summed E-state index contributed by atoms with van der Waals surface area (Å²) in [6.07, 6.45) is 0. The third-order valence-corrected chi connectivity index (χ3v) is 3.73. The van der Waals surface area contributed by atoms with Crippen molar-refractivity contribution >= 4 is 34.0 Å². The second kappa shape index (κ2) is 6.97. The molecule has 8 nitrogen and oxygen atoms in total. The van der Waals surface area contributed by atoms with Gasteiger partial charge in [0.1, 0.15) is 5.56 Å². The number of carbonyl (C=O) groups is 2. The fourth-order valence-electron chi connectivity index (χ4n) is 1.84. The highest BCUT2D eigenvalue weighted by Crippen LogP contribution is 2.22. The topological polar surface area (TPSA) is 111 Å². The highest BCUT2D eigenvalue weighted by molar-refractivity contribution is 7.13. The molecular formula is C14H13N3O5S. The summed E-state index contributed by atoms with van der Waals surface area (Å²) in [4.78, 5) is 38.1. The van der Waals surface area contributed by atoms with E-state index in [0.717, 1.165) is 5.69 Å². The maximum atomic E-state index is 12.0. The Labute approximate surface area is 135 Å². The van der Waals surface area contributed by atoms with Crippen molar-refractivity contribution in [3.8, 4) is 0 Å². The van der Waals surface area contributed by atoms with Crippen LogP contribution in [0.15, 0.2) is 23.6 Å². The Balaban J connectivity index is 2.02. The molecule has 0 aliphatic carbocycles. The number of aryl methyl sites for hydroxylation is 2. The lowest BCUT2D eigenvalue weighted by molar-refractivity contribution is -0.385. The summed E-state index contributed by atoms with van der Waals surface area (Å²) in [5.41, 5.74) is 0.652. The largest absolute Gasteiger partial charge is 0.452 e. The van der Waals surface area contributed by atoms with E-state index in [1.807, 2.05) is 0 Å². The van der Waals surface area contributed by atoms with Crippen molar-refractivity contribution in [3.05, 3.63) is 50.5 Å². The molecule has 0 saturated heterocycles. The monoisotopic (exact) mass is 335 g/mol. The van der Waals surface area contributed by atoms with Gasteiger partial charge in [-0.05, 0) is 19.4 Å². The lowest BCUT2D eigenvalue weighted by Gasteiger charge is -2.07. The van der Waals surface area contributed by atoms with E-state index < -0.39 is 23.4 Å². The van der Waals surface area contributed by atoms with Gasteiger partial charge in [0.2, 0.25) is 0 Å². The molecule has 0 spiro atoms. The number of anilines is 1. The van der Waals surface area contributed by atoms with Gasteiger partial charge in [0, 0.05) is 11.4 Å². The predicted octanol–water partition coefficient (Wildman–Crippen LogP) is 2.46. The van der Waals surface area contributed by atoms with Gasteiger partial charge in [0.25, 0.3) is 11.6 Å². The average Bonchev–Trinajstić information content (AvgIpc) is 2.89. The maximum absolute atomic E-state index is 12.0. The number of hydrogen-bond donors (Lipinski definition) is 1. The van der Waals surface area contributed by atoms with E-state index >= 15 is 0 Å². The molecule has 1 N–H and O–H groups in total. The maximum Gasteiger partial charge on any atom is 0.345 e. The quantitative estimate of drug-likeness (QED) is 0.510. The molecule has 120 valence electrons. The van der Waals surface area contributed by atoms with E-state index in [1.165, 1.54) is 23.5 Å². The highest BCUT2D eigenvalue weighted by atomic mass is 32.1. The molecule has 1 heterocycles. The minimum Gasteiger partial charge on any atom is -0.452 e. The number of amides is 1. The molecule has 23 heavy (non-hydrogen) atoms. The first-order chi connectivity index (χ1) is 10.9. The lowest BCUT2D eigenvalue weighted by Crippen LogP contribution is -2.21. The number of aromatic nitrogens is 1. The summed E-state index contributed by atoms with van der Waals surface area (Å²) in [7, 11) is 0. The van der Waals surface area contributed by atoms with Gasteiger partial charge in [-0.1, -0.05) is 12.1 Å². The van der Waals surface area contributed by atoms with Crippen LogP contribution in [0.25, 0.3) is 0 Å². The van der Waals surface area contributed by atoms with E-state index in [-0.39, 0.29) is 11.3 Å². The molecular weight excluding hydrogens is 322 g/mol. The van der Waals surface area contributed by atoms with E-state index in [9.17, 15) is 19.7 Å². The number of carbonyl (C=O) groups excluding carboxylic acids is 2. The van der Waals surface area contributed by atoms with Crippen molar-refractivity contribution in [2.45, 2.75) is 13.8 Å². The van der Waals surface area contributed by atoms with Crippen molar-refractivity contribution in [2.75, 3.05) is 11.9 Å². The smallest absolute Gasteiger partial charge is 0.345 e. The van der Waals surface area contributed by atoms with Crippen molar-refractivity contribution in [1.82, 2.24) is 4.98 Å². The first kappa shape index (κ1) is 16.6. The van der Waals surface area contributed by atoms with Gasteiger partial charge < -0.3 is 4.74 Å². The number of hydrogen-bond acceptors (Lipinski definition) is 7. The van der Waals surface area contributed by atoms with E-state index in [1.54, 1.807) is 25.3 Å². The Morgan fingerprint density at radius 1 is 1.39 bits per heavy atom. The molecule has 0 fully saturated rings. The number of rotatable bonds is 5. The van der Waals surface area contributed by atoms with Crippen molar-refractivity contribution in [2.24, 2.45) is 0 Å². The molecule has 1 aromatic carbocycles. The SMILES string of the molecule is Cc1csc(NC(=O)COC(=O)c2c(C)cccc2[N+](=O)[O-])n1. The molecule has 0 unspecified atom stereocenters. The van der Waals surface area contributed by atoms with Crippen LogP contribution in [0.3, 0.4) is 0 Å². The average molecular weight is 335 g/mol. The number of ether oxygens (including phenoxy) is 1. The molecule has 1 aromatic heterocycles. The summed E-state index contributed by atoms with van der Waals surface area (Å²) in [6.45, 7) is 2.79. The molecule has 2 aromatic rings. The van der Waals surface area contributed by atoms with Crippen LogP contribution in [0, 0.1) is 24.0 Å². The molecule has 9 heteroatoms. The predicted molar refractivity (Wildman–Crippen MR) is 83.6 cm³/mol. The molecule has 0 aliphatic rings. The highest BCUT2D eigenvalue weighted by Gasteiger charge is 2.24. The second-order valence-corrected chi connectivity index (χ2v) is 5.50. The number of thiazole rings is 1. The molecule has 0 aliphatic heterocycles. The van der Waals surface area contributed by atoms with Gasteiger partial charge in [-0.15, -0.1) is 11.3 Å². The van der Waals surface area contributed by atoms with Crippen LogP contribution in [-0.2, 0) is 9.53 Å². The number of esters is 1. The summed E-state index contributed by atoms with van der Waals surface area (Å²) >= 11 is 1.24. The fourth-order valence-corrected chi connectivity index (χ4v) is 2.54. The second-order valence-electron chi connectivity index (χ2n) is 4.64. The Morgan fingerprint density at radius 2 is 2.13 bits per heavy atom. The van der Waals surface area contributed by atoms with Gasteiger partial charge in [-0.3, -0.25) is 20.2 Å². The number of nitro benzene ring substituents is 1. The normalized spacial score (nSPS) is 10.2. The van der Waals surface area contributed by atoms with Gasteiger partial charge in [0.15, 0.2) is 11.7 Å². The first-order valence-corrected chi connectivity index (χ1v) is 7.39. The zero-order valence-corrected chi connectivity index (χ0v) is 13.2. The van der Waals surface area contributed by atoms with E-state index in [4.69, 9.17) is 4.74 Å².